The molecule has 0 aliphatic rings. The number of carbonyl (C=O) groups excluding carboxylic acids is 1. The first-order valence-corrected chi connectivity index (χ1v) is 10.5. The molecule has 0 saturated carbocycles. The third kappa shape index (κ3) is 7.16. The fraction of sp³-hybridized carbons (Fsp3) is 0.217. The smallest absolute Gasteiger partial charge is 0.319 e. The molecule has 0 saturated heterocycles. The summed E-state index contributed by atoms with van der Waals surface area (Å²) in [5, 5.41) is 6.75. The predicted molar refractivity (Wildman–Crippen MR) is 118 cm³/mol. The number of hydrogen-bond donors (Lipinski definition) is 2. The summed E-state index contributed by atoms with van der Waals surface area (Å²) in [5.41, 5.74) is 2.90. The number of carbonyl (C=O) groups is 1. The Labute approximate surface area is 175 Å². The molecule has 1 heterocycles. The molecule has 6 heteroatoms. The van der Waals surface area contributed by atoms with E-state index in [1.165, 1.54) is 0 Å². The largest absolute Gasteiger partial charge is 0.491 e. The Balaban J connectivity index is 1.47. The zero-order valence-electron chi connectivity index (χ0n) is 16.6. The number of nitrogens with zero attached hydrogens (tertiary/aromatic N) is 1. The van der Waals surface area contributed by atoms with Crippen LogP contribution in [-0.2, 0) is 12.3 Å². The van der Waals surface area contributed by atoms with E-state index in [2.05, 4.69) is 15.6 Å². The van der Waals surface area contributed by atoms with Gasteiger partial charge in [-0.1, -0.05) is 30.3 Å². The Morgan fingerprint density at radius 3 is 2.59 bits per heavy atom. The highest BCUT2D eigenvalue weighted by Gasteiger charge is 2.04. The van der Waals surface area contributed by atoms with E-state index in [9.17, 15) is 4.79 Å². The molecule has 0 aliphatic heterocycles. The van der Waals surface area contributed by atoms with Gasteiger partial charge in [0.15, 0.2) is 0 Å². The first kappa shape index (κ1) is 20.7. The summed E-state index contributed by atoms with van der Waals surface area (Å²) >= 11 is 1.66. The molecule has 3 aromatic rings. The summed E-state index contributed by atoms with van der Waals surface area (Å²) in [5.74, 6) is 1.62. The second-order valence-electron chi connectivity index (χ2n) is 6.78. The van der Waals surface area contributed by atoms with E-state index in [-0.39, 0.29) is 12.1 Å². The highest BCUT2D eigenvalue weighted by Crippen LogP contribution is 2.22. The standard InChI is InChI=1S/C23H25N3O2S/c1-17(2)28-21-11-9-18(10-12-21)15-25-23(27)26-20-7-5-6-19(14-20)16-29-22-8-3-4-13-24-22/h3-14,17H,15-16H2,1-2H3,(H2,25,26,27). The van der Waals surface area contributed by atoms with Gasteiger partial charge in [-0.25, -0.2) is 9.78 Å². The molecule has 150 valence electrons. The molecule has 3 rings (SSSR count). The minimum Gasteiger partial charge on any atom is -0.491 e. The second kappa shape index (κ2) is 10.5. The number of rotatable bonds is 8. The van der Waals surface area contributed by atoms with Crippen LogP contribution >= 0.6 is 11.8 Å². The summed E-state index contributed by atoms with van der Waals surface area (Å²) in [6, 6.07) is 21.2. The van der Waals surface area contributed by atoms with Gasteiger partial charge in [0, 0.05) is 24.2 Å². The molecular weight excluding hydrogens is 382 g/mol. The average Bonchev–Trinajstić information content (AvgIpc) is 2.72. The molecule has 0 fully saturated rings. The number of thioether (sulfide) groups is 1. The maximum atomic E-state index is 12.2. The summed E-state index contributed by atoms with van der Waals surface area (Å²) in [7, 11) is 0. The van der Waals surface area contributed by atoms with Crippen molar-refractivity contribution >= 4 is 23.5 Å². The van der Waals surface area contributed by atoms with Crippen LogP contribution in [0.2, 0.25) is 0 Å². The molecular formula is C23H25N3O2S. The van der Waals surface area contributed by atoms with Gasteiger partial charge in [0.2, 0.25) is 0 Å². The van der Waals surface area contributed by atoms with Crippen molar-refractivity contribution in [3.05, 3.63) is 84.1 Å². The Morgan fingerprint density at radius 2 is 1.86 bits per heavy atom. The van der Waals surface area contributed by atoms with Gasteiger partial charge in [-0.15, -0.1) is 11.8 Å². The Kier molecular flexibility index (Phi) is 7.53. The molecule has 0 radical (unpaired) electrons. The van der Waals surface area contributed by atoms with Gasteiger partial charge >= 0.3 is 6.03 Å². The first-order chi connectivity index (χ1) is 14.1. The number of nitrogens with one attached hydrogen (secondary N) is 2. The Bertz CT molecular complexity index is 915. The maximum absolute atomic E-state index is 12.2. The molecule has 0 bridgehead atoms. The van der Waals surface area contributed by atoms with Crippen LogP contribution in [0.1, 0.15) is 25.0 Å². The number of hydrogen-bond acceptors (Lipinski definition) is 4. The fourth-order valence-electron chi connectivity index (χ4n) is 2.64. The zero-order valence-corrected chi connectivity index (χ0v) is 17.4. The van der Waals surface area contributed by atoms with Crippen molar-refractivity contribution in [3.8, 4) is 5.75 Å². The van der Waals surface area contributed by atoms with Crippen molar-refractivity contribution < 1.29 is 9.53 Å². The summed E-state index contributed by atoms with van der Waals surface area (Å²) in [6.45, 7) is 4.43. The molecule has 5 nitrogen and oxygen atoms in total. The van der Waals surface area contributed by atoms with Gasteiger partial charge in [0.05, 0.1) is 11.1 Å². The van der Waals surface area contributed by atoms with Crippen LogP contribution in [0.3, 0.4) is 0 Å². The third-order valence-electron chi connectivity index (χ3n) is 3.96. The van der Waals surface area contributed by atoms with Crippen LogP contribution in [0.15, 0.2) is 78.0 Å². The number of amides is 2. The van der Waals surface area contributed by atoms with E-state index in [0.29, 0.717) is 6.54 Å². The molecule has 0 atom stereocenters. The summed E-state index contributed by atoms with van der Waals surface area (Å²) in [6.07, 6.45) is 1.93. The normalized spacial score (nSPS) is 10.6. The number of ether oxygens (including phenoxy) is 1. The average molecular weight is 408 g/mol. The monoisotopic (exact) mass is 407 g/mol. The molecule has 1 aromatic heterocycles. The molecule has 2 aromatic carbocycles. The van der Waals surface area contributed by atoms with Gasteiger partial charge in [-0.3, -0.25) is 0 Å². The third-order valence-corrected chi connectivity index (χ3v) is 4.97. The van der Waals surface area contributed by atoms with Crippen LogP contribution in [0, 0.1) is 0 Å². The molecule has 0 aliphatic carbocycles. The minimum atomic E-state index is -0.234. The van der Waals surface area contributed by atoms with Crippen LogP contribution in [0.5, 0.6) is 5.75 Å². The van der Waals surface area contributed by atoms with Crippen molar-refractivity contribution in [3.63, 3.8) is 0 Å². The lowest BCUT2D eigenvalue weighted by Gasteiger charge is -2.11. The topological polar surface area (TPSA) is 63.2 Å². The van der Waals surface area contributed by atoms with Crippen LogP contribution in [0.4, 0.5) is 10.5 Å². The SMILES string of the molecule is CC(C)Oc1ccc(CNC(=O)Nc2cccc(CSc3ccccn3)c2)cc1. The molecule has 0 unspecified atom stereocenters. The molecule has 2 amide bonds. The second-order valence-corrected chi connectivity index (χ2v) is 7.77. The number of anilines is 1. The summed E-state index contributed by atoms with van der Waals surface area (Å²) < 4.78 is 5.63. The van der Waals surface area contributed by atoms with Crippen molar-refractivity contribution in [1.29, 1.82) is 0 Å². The number of pyridine rings is 1. The van der Waals surface area contributed by atoms with E-state index in [4.69, 9.17) is 4.74 Å². The van der Waals surface area contributed by atoms with Gasteiger partial charge in [0.25, 0.3) is 0 Å². The molecule has 0 spiro atoms. The van der Waals surface area contributed by atoms with E-state index in [0.717, 1.165) is 33.3 Å². The van der Waals surface area contributed by atoms with Crippen LogP contribution < -0.4 is 15.4 Å². The van der Waals surface area contributed by atoms with Crippen molar-refractivity contribution in [2.24, 2.45) is 0 Å². The Morgan fingerprint density at radius 1 is 1.03 bits per heavy atom. The fourth-order valence-corrected chi connectivity index (χ4v) is 3.45. The van der Waals surface area contributed by atoms with Crippen LogP contribution in [-0.4, -0.2) is 17.1 Å². The quantitative estimate of drug-likeness (QED) is 0.485. The number of benzene rings is 2. The first-order valence-electron chi connectivity index (χ1n) is 9.52. The zero-order chi connectivity index (χ0) is 20.5. The lowest BCUT2D eigenvalue weighted by molar-refractivity contribution is 0.242. The number of urea groups is 1. The van der Waals surface area contributed by atoms with E-state index in [1.807, 2.05) is 80.6 Å². The predicted octanol–water partition coefficient (Wildman–Crippen LogP) is 5.48. The van der Waals surface area contributed by atoms with Crippen molar-refractivity contribution in [1.82, 2.24) is 10.3 Å². The highest BCUT2D eigenvalue weighted by atomic mass is 32.2. The Hall–Kier alpha value is -2.99. The van der Waals surface area contributed by atoms with Crippen molar-refractivity contribution in [2.75, 3.05) is 5.32 Å². The number of aromatic nitrogens is 1. The van der Waals surface area contributed by atoms with Gasteiger partial charge in [0.1, 0.15) is 5.75 Å². The maximum Gasteiger partial charge on any atom is 0.319 e. The highest BCUT2D eigenvalue weighted by molar-refractivity contribution is 7.98. The van der Waals surface area contributed by atoms with Crippen LogP contribution in [0.25, 0.3) is 0 Å². The van der Waals surface area contributed by atoms with E-state index in [1.54, 1.807) is 18.0 Å². The van der Waals surface area contributed by atoms with Crippen molar-refractivity contribution in [2.45, 2.75) is 37.3 Å². The van der Waals surface area contributed by atoms with E-state index < -0.39 is 0 Å². The summed E-state index contributed by atoms with van der Waals surface area (Å²) in [4.78, 5) is 16.5. The van der Waals surface area contributed by atoms with Gasteiger partial charge in [-0.05, 0) is 61.4 Å². The lowest BCUT2D eigenvalue weighted by Crippen LogP contribution is -2.28. The minimum absolute atomic E-state index is 0.142. The van der Waals surface area contributed by atoms with Gasteiger partial charge in [-0.2, -0.15) is 0 Å². The molecule has 29 heavy (non-hydrogen) atoms. The van der Waals surface area contributed by atoms with E-state index >= 15 is 0 Å². The van der Waals surface area contributed by atoms with Gasteiger partial charge < -0.3 is 15.4 Å². The lowest BCUT2D eigenvalue weighted by atomic mass is 10.2. The molecule has 2 N–H and O–H groups in total.